The Morgan fingerprint density at radius 1 is 1.56 bits per heavy atom. The van der Waals surface area contributed by atoms with Crippen LogP contribution in [0.3, 0.4) is 0 Å². The maximum atomic E-state index is 13.6. The van der Waals surface area contributed by atoms with Gasteiger partial charge in [0.05, 0.1) is 11.6 Å². The smallest absolute Gasteiger partial charge is 0.221 e. The third-order valence-corrected chi connectivity index (χ3v) is 2.62. The van der Waals surface area contributed by atoms with Crippen LogP contribution in [0, 0.1) is 17.1 Å². The lowest BCUT2D eigenvalue weighted by atomic mass is 10.1. The van der Waals surface area contributed by atoms with E-state index in [0.29, 0.717) is 30.6 Å². The monoisotopic (exact) mass is 249 g/mol. The summed E-state index contributed by atoms with van der Waals surface area (Å²) in [7, 11) is 3.41. The lowest BCUT2D eigenvalue weighted by Crippen LogP contribution is -2.26. The Morgan fingerprint density at radius 2 is 2.28 bits per heavy atom. The summed E-state index contributed by atoms with van der Waals surface area (Å²) in [5.41, 5.74) is 0.831. The van der Waals surface area contributed by atoms with Crippen molar-refractivity contribution in [2.75, 3.05) is 20.6 Å². The van der Waals surface area contributed by atoms with E-state index in [2.05, 4.69) is 5.32 Å². The van der Waals surface area contributed by atoms with Crippen LogP contribution in [0.2, 0.25) is 0 Å². The number of hydrogen-bond acceptors (Lipinski definition) is 3. The van der Waals surface area contributed by atoms with Gasteiger partial charge in [-0.15, -0.1) is 0 Å². The molecule has 1 N–H and O–H groups in total. The summed E-state index contributed by atoms with van der Waals surface area (Å²) in [5, 5.41) is 11.2. The van der Waals surface area contributed by atoms with Gasteiger partial charge in [-0.3, -0.25) is 4.79 Å². The highest BCUT2D eigenvalue weighted by atomic mass is 19.1. The van der Waals surface area contributed by atoms with Crippen LogP contribution in [0.15, 0.2) is 18.2 Å². The Labute approximate surface area is 106 Å². The molecule has 0 radical (unpaired) electrons. The average molecular weight is 249 g/mol. The first-order valence-electron chi connectivity index (χ1n) is 5.64. The highest BCUT2D eigenvalue weighted by Crippen LogP contribution is 2.12. The molecule has 96 valence electrons. The van der Waals surface area contributed by atoms with Gasteiger partial charge in [-0.1, -0.05) is 6.07 Å². The molecule has 1 amide bonds. The van der Waals surface area contributed by atoms with Crippen LogP contribution in [-0.2, 0) is 11.3 Å². The molecule has 5 heteroatoms. The number of amides is 1. The highest BCUT2D eigenvalue weighted by Gasteiger charge is 2.08. The highest BCUT2D eigenvalue weighted by molar-refractivity contribution is 5.75. The topological polar surface area (TPSA) is 56.1 Å². The Bertz CT molecular complexity index is 468. The molecule has 0 aromatic heterocycles. The van der Waals surface area contributed by atoms with Gasteiger partial charge >= 0.3 is 0 Å². The number of nitrogens with zero attached hydrogens (tertiary/aromatic N) is 2. The summed E-state index contributed by atoms with van der Waals surface area (Å²) in [6.07, 6.45) is 0.380. The number of nitrogens with one attached hydrogen (secondary N) is 1. The van der Waals surface area contributed by atoms with Gasteiger partial charge in [0.15, 0.2) is 0 Å². The number of carbonyl (C=O) groups is 1. The van der Waals surface area contributed by atoms with Crippen molar-refractivity contribution < 1.29 is 9.18 Å². The second-order valence-electron chi connectivity index (χ2n) is 4.08. The van der Waals surface area contributed by atoms with E-state index in [1.165, 1.54) is 6.07 Å². The quantitative estimate of drug-likeness (QED) is 0.854. The predicted molar refractivity (Wildman–Crippen MR) is 66.1 cm³/mol. The predicted octanol–water partition coefficient (Wildman–Crippen LogP) is 1.27. The minimum Gasteiger partial charge on any atom is -0.359 e. The van der Waals surface area contributed by atoms with E-state index in [1.807, 2.05) is 18.0 Å². The molecule has 18 heavy (non-hydrogen) atoms. The SMILES string of the molecule is CNC(=O)CCN(C)Cc1ccc(C#N)cc1F. The van der Waals surface area contributed by atoms with Crippen LogP contribution in [0.25, 0.3) is 0 Å². The van der Waals surface area contributed by atoms with Crippen LogP contribution in [-0.4, -0.2) is 31.4 Å². The number of hydrogen-bond donors (Lipinski definition) is 1. The molecular formula is C13H16FN3O. The van der Waals surface area contributed by atoms with E-state index in [-0.39, 0.29) is 11.7 Å². The van der Waals surface area contributed by atoms with Crippen LogP contribution < -0.4 is 5.32 Å². The van der Waals surface area contributed by atoms with E-state index < -0.39 is 0 Å². The first-order valence-corrected chi connectivity index (χ1v) is 5.64. The zero-order valence-corrected chi connectivity index (χ0v) is 10.5. The largest absolute Gasteiger partial charge is 0.359 e. The summed E-state index contributed by atoms with van der Waals surface area (Å²) in [6, 6.07) is 6.30. The average Bonchev–Trinajstić information content (AvgIpc) is 2.38. The molecule has 0 aliphatic rings. The Kier molecular flexibility index (Phi) is 5.28. The molecule has 0 atom stereocenters. The van der Waals surface area contributed by atoms with Crippen molar-refractivity contribution in [2.24, 2.45) is 0 Å². The number of halogens is 1. The van der Waals surface area contributed by atoms with Gasteiger partial charge in [-0.25, -0.2) is 4.39 Å². The van der Waals surface area contributed by atoms with Gasteiger partial charge in [-0.2, -0.15) is 5.26 Å². The second-order valence-corrected chi connectivity index (χ2v) is 4.08. The van der Waals surface area contributed by atoms with Crippen molar-refractivity contribution >= 4 is 5.91 Å². The summed E-state index contributed by atoms with van der Waals surface area (Å²) in [5.74, 6) is -0.428. The molecule has 0 heterocycles. The maximum absolute atomic E-state index is 13.6. The van der Waals surface area contributed by atoms with E-state index in [4.69, 9.17) is 5.26 Å². The Balaban J connectivity index is 2.57. The van der Waals surface area contributed by atoms with Gasteiger partial charge < -0.3 is 10.2 Å². The lowest BCUT2D eigenvalue weighted by Gasteiger charge is -2.16. The fraction of sp³-hybridized carbons (Fsp3) is 0.385. The third-order valence-electron chi connectivity index (χ3n) is 2.62. The Morgan fingerprint density at radius 3 is 2.83 bits per heavy atom. The minimum atomic E-state index is -0.388. The molecule has 1 aromatic carbocycles. The second kappa shape index (κ2) is 6.72. The van der Waals surface area contributed by atoms with Crippen LogP contribution in [0.4, 0.5) is 4.39 Å². The molecule has 0 saturated carbocycles. The normalized spacial score (nSPS) is 10.2. The first kappa shape index (κ1) is 14.1. The van der Waals surface area contributed by atoms with Crippen molar-refractivity contribution in [3.63, 3.8) is 0 Å². The van der Waals surface area contributed by atoms with Crippen LogP contribution in [0.1, 0.15) is 17.5 Å². The number of nitriles is 1. The minimum absolute atomic E-state index is 0.0397. The van der Waals surface area contributed by atoms with Crippen LogP contribution in [0.5, 0.6) is 0 Å². The summed E-state index contributed by atoms with van der Waals surface area (Å²) in [6.45, 7) is 0.966. The number of carbonyl (C=O) groups excluding carboxylic acids is 1. The molecule has 0 saturated heterocycles. The molecule has 0 aliphatic heterocycles. The molecular weight excluding hydrogens is 233 g/mol. The Hall–Kier alpha value is -1.93. The van der Waals surface area contributed by atoms with Crippen molar-refractivity contribution in [2.45, 2.75) is 13.0 Å². The van der Waals surface area contributed by atoms with Crippen molar-refractivity contribution in [3.8, 4) is 6.07 Å². The summed E-state index contributed by atoms with van der Waals surface area (Å²) in [4.78, 5) is 12.9. The van der Waals surface area contributed by atoms with E-state index in [1.54, 1.807) is 19.2 Å². The van der Waals surface area contributed by atoms with Crippen molar-refractivity contribution in [3.05, 3.63) is 35.1 Å². The maximum Gasteiger partial charge on any atom is 0.221 e. The molecule has 0 spiro atoms. The lowest BCUT2D eigenvalue weighted by molar-refractivity contribution is -0.120. The van der Waals surface area contributed by atoms with E-state index in [0.717, 1.165) is 0 Å². The van der Waals surface area contributed by atoms with Crippen molar-refractivity contribution in [1.82, 2.24) is 10.2 Å². The summed E-state index contributed by atoms with van der Waals surface area (Å²) < 4.78 is 13.6. The van der Waals surface area contributed by atoms with Gasteiger partial charge in [0, 0.05) is 32.1 Å². The molecule has 0 fully saturated rings. The van der Waals surface area contributed by atoms with Gasteiger partial charge in [-0.05, 0) is 19.2 Å². The molecule has 0 aliphatic carbocycles. The standard InChI is InChI=1S/C13H16FN3O/c1-16-13(18)5-6-17(2)9-11-4-3-10(8-15)7-12(11)14/h3-4,7H,5-6,9H2,1-2H3,(H,16,18). The number of rotatable bonds is 5. The van der Waals surface area contributed by atoms with E-state index in [9.17, 15) is 9.18 Å². The first-order chi connectivity index (χ1) is 8.56. The number of benzene rings is 1. The fourth-order valence-electron chi connectivity index (χ4n) is 1.53. The van der Waals surface area contributed by atoms with Gasteiger partial charge in [0.25, 0.3) is 0 Å². The zero-order valence-electron chi connectivity index (χ0n) is 10.5. The summed E-state index contributed by atoms with van der Waals surface area (Å²) >= 11 is 0. The van der Waals surface area contributed by atoms with Crippen molar-refractivity contribution in [1.29, 1.82) is 5.26 Å². The third kappa shape index (κ3) is 4.15. The molecule has 0 bridgehead atoms. The van der Waals surface area contributed by atoms with Gasteiger partial charge in [0.1, 0.15) is 5.82 Å². The molecule has 1 rings (SSSR count). The van der Waals surface area contributed by atoms with Crippen LogP contribution >= 0.6 is 0 Å². The van der Waals surface area contributed by atoms with E-state index >= 15 is 0 Å². The fourth-order valence-corrected chi connectivity index (χ4v) is 1.53. The zero-order chi connectivity index (χ0) is 13.5. The molecule has 4 nitrogen and oxygen atoms in total. The van der Waals surface area contributed by atoms with Gasteiger partial charge in [0.2, 0.25) is 5.91 Å². The molecule has 0 unspecified atom stereocenters. The molecule has 1 aromatic rings.